The number of hydrogen-bond acceptors (Lipinski definition) is 3. The molecule has 15 heavy (non-hydrogen) atoms. The van der Waals surface area contributed by atoms with Gasteiger partial charge in [-0.1, -0.05) is 26.7 Å². The molecule has 0 fully saturated rings. The van der Waals surface area contributed by atoms with Gasteiger partial charge in [-0.3, -0.25) is 16.3 Å². The summed E-state index contributed by atoms with van der Waals surface area (Å²) in [5.74, 6) is 6.12. The van der Waals surface area contributed by atoms with Crippen LogP contribution in [-0.4, -0.2) is 4.98 Å². The van der Waals surface area contributed by atoms with Gasteiger partial charge in [-0.15, -0.1) is 0 Å². The van der Waals surface area contributed by atoms with E-state index in [0.717, 1.165) is 23.0 Å². The Labute approximate surface area is 99.6 Å². The zero-order valence-corrected chi connectivity index (χ0v) is 10.8. The van der Waals surface area contributed by atoms with Crippen LogP contribution < -0.4 is 11.3 Å². The van der Waals surface area contributed by atoms with Crippen LogP contribution in [0.25, 0.3) is 0 Å². The second kappa shape index (κ2) is 6.20. The molecule has 0 radical (unpaired) electrons. The molecule has 0 saturated heterocycles. The lowest BCUT2D eigenvalue weighted by molar-refractivity contribution is 0.339. The molecule has 0 aliphatic rings. The third-order valence-electron chi connectivity index (χ3n) is 2.77. The normalized spacial score (nSPS) is 13.1. The smallest absolute Gasteiger partial charge is 0.0660 e. The number of halogens is 1. The highest BCUT2D eigenvalue weighted by Crippen LogP contribution is 2.25. The number of hydrazine groups is 1. The van der Waals surface area contributed by atoms with Gasteiger partial charge in [0, 0.05) is 10.7 Å². The van der Waals surface area contributed by atoms with Crippen molar-refractivity contribution in [3.05, 3.63) is 28.5 Å². The molecule has 1 atom stereocenters. The highest BCUT2D eigenvalue weighted by Gasteiger charge is 2.19. The van der Waals surface area contributed by atoms with Crippen LogP contribution in [0.3, 0.4) is 0 Å². The van der Waals surface area contributed by atoms with E-state index in [4.69, 9.17) is 5.84 Å². The second-order valence-corrected chi connectivity index (χ2v) is 4.54. The first kappa shape index (κ1) is 12.6. The molecule has 0 aliphatic carbocycles. The van der Waals surface area contributed by atoms with Crippen LogP contribution in [0.15, 0.2) is 22.8 Å². The van der Waals surface area contributed by atoms with Crippen LogP contribution >= 0.6 is 15.9 Å². The quantitative estimate of drug-likeness (QED) is 0.640. The first-order valence-electron chi connectivity index (χ1n) is 5.30. The van der Waals surface area contributed by atoms with Gasteiger partial charge in [-0.2, -0.15) is 0 Å². The molecule has 0 bridgehead atoms. The van der Waals surface area contributed by atoms with Crippen molar-refractivity contribution >= 4 is 15.9 Å². The van der Waals surface area contributed by atoms with Crippen molar-refractivity contribution in [2.45, 2.75) is 32.7 Å². The van der Waals surface area contributed by atoms with Crippen molar-refractivity contribution in [2.24, 2.45) is 11.8 Å². The number of nitrogens with one attached hydrogen (secondary N) is 1. The zero-order valence-electron chi connectivity index (χ0n) is 9.20. The van der Waals surface area contributed by atoms with E-state index in [1.54, 1.807) is 0 Å². The summed E-state index contributed by atoms with van der Waals surface area (Å²) in [6, 6.07) is 4.15. The van der Waals surface area contributed by atoms with Gasteiger partial charge in [0.25, 0.3) is 0 Å². The third kappa shape index (κ3) is 3.26. The fraction of sp³-hybridized carbons (Fsp3) is 0.545. The van der Waals surface area contributed by atoms with E-state index in [-0.39, 0.29) is 6.04 Å². The standard InChI is InChI=1S/C11H18BrN3/c1-3-8(4-2)11(15-13)10-6-5-9(12)7-14-10/h5-8,11,15H,3-4,13H2,1-2H3. The molecular weight excluding hydrogens is 254 g/mol. The lowest BCUT2D eigenvalue weighted by atomic mass is 9.92. The molecule has 0 aromatic carbocycles. The summed E-state index contributed by atoms with van der Waals surface area (Å²) >= 11 is 3.37. The van der Waals surface area contributed by atoms with Gasteiger partial charge in [0.05, 0.1) is 11.7 Å². The first-order chi connectivity index (χ1) is 7.22. The van der Waals surface area contributed by atoms with Crippen LogP contribution in [0.2, 0.25) is 0 Å². The number of pyridine rings is 1. The highest BCUT2D eigenvalue weighted by molar-refractivity contribution is 9.10. The third-order valence-corrected chi connectivity index (χ3v) is 3.24. The van der Waals surface area contributed by atoms with Gasteiger partial charge in [0.1, 0.15) is 0 Å². The number of rotatable bonds is 5. The van der Waals surface area contributed by atoms with Crippen LogP contribution in [0.1, 0.15) is 38.4 Å². The summed E-state index contributed by atoms with van der Waals surface area (Å²) in [4.78, 5) is 4.38. The fourth-order valence-electron chi connectivity index (χ4n) is 1.79. The van der Waals surface area contributed by atoms with E-state index in [1.807, 2.05) is 18.3 Å². The maximum Gasteiger partial charge on any atom is 0.0660 e. The number of hydrogen-bond donors (Lipinski definition) is 2. The Bertz CT molecular complexity index is 282. The van der Waals surface area contributed by atoms with Crippen molar-refractivity contribution in [3.63, 3.8) is 0 Å². The molecule has 1 aromatic rings. The van der Waals surface area contributed by atoms with Crippen molar-refractivity contribution in [3.8, 4) is 0 Å². The molecule has 4 heteroatoms. The van der Waals surface area contributed by atoms with E-state index in [2.05, 4.69) is 40.2 Å². The van der Waals surface area contributed by atoms with Crippen molar-refractivity contribution in [1.29, 1.82) is 0 Å². The lowest BCUT2D eigenvalue weighted by Gasteiger charge is -2.23. The molecule has 0 amide bonds. The Kier molecular flexibility index (Phi) is 5.22. The zero-order chi connectivity index (χ0) is 11.3. The first-order valence-corrected chi connectivity index (χ1v) is 6.09. The average Bonchev–Trinajstić information content (AvgIpc) is 2.27. The molecule has 1 unspecified atom stereocenters. The van der Waals surface area contributed by atoms with Gasteiger partial charge in [-0.05, 0) is 34.0 Å². The SMILES string of the molecule is CCC(CC)C(NN)c1ccc(Br)cn1. The molecule has 1 aromatic heterocycles. The minimum absolute atomic E-state index is 0.146. The maximum atomic E-state index is 5.59. The van der Waals surface area contributed by atoms with Crippen LogP contribution in [0.5, 0.6) is 0 Å². The van der Waals surface area contributed by atoms with E-state index in [0.29, 0.717) is 5.92 Å². The van der Waals surface area contributed by atoms with Crippen molar-refractivity contribution in [1.82, 2.24) is 10.4 Å². The lowest BCUT2D eigenvalue weighted by Crippen LogP contribution is -2.33. The van der Waals surface area contributed by atoms with E-state index in [1.165, 1.54) is 0 Å². The van der Waals surface area contributed by atoms with E-state index < -0.39 is 0 Å². The van der Waals surface area contributed by atoms with E-state index >= 15 is 0 Å². The predicted octanol–water partition coefficient (Wildman–Crippen LogP) is 2.78. The highest BCUT2D eigenvalue weighted by atomic mass is 79.9. The molecular formula is C11H18BrN3. The van der Waals surface area contributed by atoms with Crippen LogP contribution in [0, 0.1) is 5.92 Å². The Morgan fingerprint density at radius 3 is 2.47 bits per heavy atom. The number of nitrogens with zero attached hydrogens (tertiary/aromatic N) is 1. The van der Waals surface area contributed by atoms with E-state index in [9.17, 15) is 0 Å². The van der Waals surface area contributed by atoms with Crippen LogP contribution in [-0.2, 0) is 0 Å². The topological polar surface area (TPSA) is 50.9 Å². The Morgan fingerprint density at radius 1 is 1.40 bits per heavy atom. The predicted molar refractivity (Wildman–Crippen MR) is 66.1 cm³/mol. The van der Waals surface area contributed by atoms with Crippen molar-refractivity contribution < 1.29 is 0 Å². The Hall–Kier alpha value is -0.450. The van der Waals surface area contributed by atoms with Gasteiger partial charge >= 0.3 is 0 Å². The summed E-state index contributed by atoms with van der Waals surface area (Å²) in [6.45, 7) is 4.36. The summed E-state index contributed by atoms with van der Waals surface area (Å²) in [5.41, 5.74) is 3.87. The van der Waals surface area contributed by atoms with Gasteiger partial charge in [0.15, 0.2) is 0 Å². The minimum atomic E-state index is 0.146. The Morgan fingerprint density at radius 2 is 2.07 bits per heavy atom. The number of aromatic nitrogens is 1. The molecule has 3 N–H and O–H groups in total. The van der Waals surface area contributed by atoms with Gasteiger partial charge in [-0.25, -0.2) is 0 Å². The molecule has 3 nitrogen and oxygen atoms in total. The largest absolute Gasteiger partial charge is 0.271 e. The molecule has 84 valence electrons. The Balaban J connectivity index is 2.86. The molecule has 0 spiro atoms. The van der Waals surface area contributed by atoms with Crippen LogP contribution in [0.4, 0.5) is 0 Å². The monoisotopic (exact) mass is 271 g/mol. The fourth-order valence-corrected chi connectivity index (χ4v) is 2.03. The molecule has 1 rings (SSSR count). The summed E-state index contributed by atoms with van der Waals surface area (Å²) in [7, 11) is 0. The summed E-state index contributed by atoms with van der Waals surface area (Å²) in [5, 5.41) is 0. The molecule has 0 saturated carbocycles. The average molecular weight is 272 g/mol. The maximum absolute atomic E-state index is 5.59. The summed E-state index contributed by atoms with van der Waals surface area (Å²) < 4.78 is 0.992. The molecule has 1 heterocycles. The molecule has 0 aliphatic heterocycles. The summed E-state index contributed by atoms with van der Waals surface area (Å²) in [6.07, 6.45) is 4.01. The number of nitrogens with two attached hydrogens (primary N) is 1. The second-order valence-electron chi connectivity index (χ2n) is 3.62. The minimum Gasteiger partial charge on any atom is -0.271 e. The van der Waals surface area contributed by atoms with Gasteiger partial charge in [0.2, 0.25) is 0 Å². The van der Waals surface area contributed by atoms with Crippen molar-refractivity contribution in [2.75, 3.05) is 0 Å². The van der Waals surface area contributed by atoms with Gasteiger partial charge < -0.3 is 0 Å².